The first-order valence-electron chi connectivity index (χ1n) is 23.9. The molecule has 0 aromatic heterocycles. The Morgan fingerprint density at radius 3 is 2.05 bits per heavy atom. The number of ether oxygens (including phenoxy) is 3. The van der Waals surface area contributed by atoms with Gasteiger partial charge in [0.25, 0.3) is 0 Å². The summed E-state index contributed by atoms with van der Waals surface area (Å²) in [4.78, 5) is 13.1. The Kier molecular flexibility index (Phi) is 14.6. The minimum Gasteiger partial charge on any atom is -0.494 e. The van der Waals surface area contributed by atoms with Crippen molar-refractivity contribution >= 4 is 23.2 Å². The molecule has 9 unspecified atom stereocenters. The number of unbranched alkanes of at least 4 members (excludes halogenated alkanes) is 3. The van der Waals surface area contributed by atoms with Crippen LogP contribution in [0.4, 0.5) is 11.4 Å². The number of carbonyl (C=O) groups is 1. The van der Waals surface area contributed by atoms with E-state index < -0.39 is 0 Å². The first-order valence-corrected chi connectivity index (χ1v) is 23.9. The normalized spacial score (nSPS) is 29.1. The fraction of sp³-hybridized carbons (Fsp3) is 0.611. The molecule has 60 heavy (non-hydrogen) atoms. The van der Waals surface area contributed by atoms with E-state index in [2.05, 4.69) is 34.6 Å². The molecule has 0 bridgehead atoms. The van der Waals surface area contributed by atoms with Gasteiger partial charge in [0.05, 0.1) is 19.3 Å². The van der Waals surface area contributed by atoms with Crippen molar-refractivity contribution in [3.8, 4) is 17.2 Å². The molecule has 6 nitrogen and oxygen atoms in total. The van der Waals surface area contributed by atoms with Crippen LogP contribution in [-0.2, 0) is 0 Å². The maximum Gasteiger partial charge on any atom is 0.185 e. The van der Waals surface area contributed by atoms with Crippen LogP contribution in [0.2, 0.25) is 0 Å². The molecule has 6 heteroatoms. The van der Waals surface area contributed by atoms with E-state index >= 15 is 0 Å². The first-order chi connectivity index (χ1) is 28.9. The molecule has 4 aliphatic carbocycles. The molecule has 0 spiro atoms. The van der Waals surface area contributed by atoms with E-state index in [4.69, 9.17) is 25.7 Å². The monoisotopic (exact) mass is 817 g/mol. The molecular formula is C54H76N2O4. The lowest BCUT2D eigenvalue weighted by Crippen LogP contribution is -2.54. The summed E-state index contributed by atoms with van der Waals surface area (Å²) in [5.74, 6) is 8.56. The number of nitrogen functional groups attached to an aromatic ring is 2. The lowest BCUT2D eigenvalue weighted by Gasteiger charge is -2.61. The fourth-order valence-corrected chi connectivity index (χ4v) is 12.9. The second kappa shape index (κ2) is 19.8. The Bertz CT molecular complexity index is 1850. The molecule has 4 fully saturated rings. The van der Waals surface area contributed by atoms with Gasteiger partial charge in [-0.15, -0.1) is 0 Å². The highest BCUT2D eigenvalue weighted by Gasteiger charge is 2.60. The summed E-state index contributed by atoms with van der Waals surface area (Å²) in [5, 5.41) is 0. The fourth-order valence-electron chi connectivity index (χ4n) is 12.9. The molecule has 3 aromatic rings. The van der Waals surface area contributed by atoms with Crippen molar-refractivity contribution in [2.24, 2.45) is 52.3 Å². The molecule has 4 N–H and O–H groups in total. The summed E-state index contributed by atoms with van der Waals surface area (Å²) in [6.45, 7) is 14.1. The molecule has 7 rings (SSSR count). The summed E-state index contributed by atoms with van der Waals surface area (Å²) in [6, 6.07) is 21.0. The zero-order valence-corrected chi connectivity index (χ0v) is 37.6. The third-order valence-electron chi connectivity index (χ3n) is 16.1. The van der Waals surface area contributed by atoms with Gasteiger partial charge in [-0.2, -0.15) is 0 Å². The lowest BCUT2D eigenvalue weighted by atomic mass is 9.44. The smallest absolute Gasteiger partial charge is 0.185 e. The standard InChI is InChI=1S/C54H76N2O4/c1-37(2)11-10-12-38(3)49-24-25-50-48-23-18-41-33-46(27-29-53(41,4)51(48)28-30-54(49,50)5)60-45-21-16-40(17-22-45)52(57)26-15-39-13-19-44(20-14-39)58-31-8-6-7-9-32-59-47-35-42(55)34-43(56)36-47/h13-17,19-22,26,34-38,41,46,48-51H,6-12,18,23-25,27-33,55-56H2,1-5H3. The van der Waals surface area contributed by atoms with E-state index in [1.54, 1.807) is 24.3 Å². The molecule has 0 heterocycles. The quantitative estimate of drug-likeness (QED) is 0.0541. The van der Waals surface area contributed by atoms with Crippen molar-refractivity contribution < 1.29 is 19.0 Å². The van der Waals surface area contributed by atoms with E-state index in [-0.39, 0.29) is 11.9 Å². The molecule has 0 aliphatic heterocycles. The molecule has 9 atom stereocenters. The van der Waals surface area contributed by atoms with Gasteiger partial charge in [-0.05, 0) is 190 Å². The van der Waals surface area contributed by atoms with Crippen LogP contribution in [0.15, 0.2) is 72.8 Å². The summed E-state index contributed by atoms with van der Waals surface area (Å²) in [5.41, 5.74) is 15.5. The summed E-state index contributed by atoms with van der Waals surface area (Å²) in [7, 11) is 0. The number of rotatable bonds is 19. The predicted octanol–water partition coefficient (Wildman–Crippen LogP) is 13.6. The topological polar surface area (TPSA) is 96.8 Å². The lowest BCUT2D eigenvalue weighted by molar-refractivity contribution is -0.126. The Morgan fingerprint density at radius 2 is 1.35 bits per heavy atom. The molecular weight excluding hydrogens is 741 g/mol. The third kappa shape index (κ3) is 10.6. The Morgan fingerprint density at radius 1 is 0.700 bits per heavy atom. The molecule has 0 radical (unpaired) electrons. The van der Waals surface area contributed by atoms with Crippen LogP contribution in [0, 0.1) is 52.3 Å². The van der Waals surface area contributed by atoms with Crippen molar-refractivity contribution in [3.63, 3.8) is 0 Å². The number of hydrogen-bond donors (Lipinski definition) is 2. The molecule has 3 aromatic carbocycles. The number of carbonyl (C=O) groups excluding carboxylic acids is 1. The summed E-state index contributed by atoms with van der Waals surface area (Å²) in [6.07, 6.45) is 24.3. The highest BCUT2D eigenvalue weighted by molar-refractivity contribution is 6.06. The van der Waals surface area contributed by atoms with Crippen LogP contribution >= 0.6 is 0 Å². The molecule has 0 saturated heterocycles. The van der Waals surface area contributed by atoms with Crippen LogP contribution in [0.1, 0.15) is 153 Å². The number of ketones is 1. The van der Waals surface area contributed by atoms with Crippen molar-refractivity contribution in [2.75, 3.05) is 24.7 Å². The Hall–Kier alpha value is -3.93. The van der Waals surface area contributed by atoms with Gasteiger partial charge in [0, 0.05) is 29.1 Å². The number of anilines is 2. The number of nitrogens with two attached hydrogens (primary N) is 2. The van der Waals surface area contributed by atoms with Gasteiger partial charge in [-0.25, -0.2) is 0 Å². The second-order valence-electron chi connectivity index (χ2n) is 20.4. The average molecular weight is 817 g/mol. The van der Waals surface area contributed by atoms with Crippen LogP contribution in [0.3, 0.4) is 0 Å². The van der Waals surface area contributed by atoms with Gasteiger partial charge in [0.15, 0.2) is 5.78 Å². The number of fused-ring (bicyclic) bond motifs is 5. The summed E-state index contributed by atoms with van der Waals surface area (Å²) < 4.78 is 18.4. The zero-order valence-electron chi connectivity index (χ0n) is 37.6. The van der Waals surface area contributed by atoms with E-state index in [1.807, 2.05) is 54.6 Å². The van der Waals surface area contributed by atoms with Crippen molar-refractivity contribution in [3.05, 3.63) is 83.9 Å². The Labute approximate surface area is 362 Å². The van der Waals surface area contributed by atoms with Crippen molar-refractivity contribution in [1.82, 2.24) is 0 Å². The number of hydrogen-bond acceptors (Lipinski definition) is 6. The highest BCUT2D eigenvalue weighted by atomic mass is 16.5. The minimum absolute atomic E-state index is 0.00718. The van der Waals surface area contributed by atoms with E-state index in [1.165, 1.54) is 70.6 Å². The summed E-state index contributed by atoms with van der Waals surface area (Å²) >= 11 is 0. The van der Waals surface area contributed by atoms with Gasteiger partial charge in [-0.3, -0.25) is 4.79 Å². The van der Waals surface area contributed by atoms with Gasteiger partial charge in [-0.1, -0.05) is 72.1 Å². The van der Waals surface area contributed by atoms with E-state index in [0.717, 1.165) is 96.3 Å². The molecule has 4 aliphatic rings. The largest absolute Gasteiger partial charge is 0.494 e. The van der Waals surface area contributed by atoms with Crippen LogP contribution in [-0.4, -0.2) is 25.1 Å². The van der Waals surface area contributed by atoms with Crippen LogP contribution in [0.25, 0.3) is 6.08 Å². The third-order valence-corrected chi connectivity index (χ3v) is 16.1. The highest BCUT2D eigenvalue weighted by Crippen LogP contribution is 2.68. The predicted molar refractivity (Wildman–Crippen MR) is 248 cm³/mol. The number of benzene rings is 3. The van der Waals surface area contributed by atoms with Gasteiger partial charge in [0.2, 0.25) is 0 Å². The average Bonchev–Trinajstić information content (AvgIpc) is 3.58. The molecule has 0 amide bonds. The maximum absolute atomic E-state index is 13.1. The van der Waals surface area contributed by atoms with Gasteiger partial charge in [0.1, 0.15) is 17.2 Å². The molecule has 326 valence electrons. The maximum atomic E-state index is 13.1. The van der Waals surface area contributed by atoms with Crippen molar-refractivity contribution in [1.29, 1.82) is 0 Å². The van der Waals surface area contributed by atoms with E-state index in [9.17, 15) is 4.79 Å². The Balaban J connectivity index is 0.811. The minimum atomic E-state index is -0.00718. The SMILES string of the molecule is CC(C)CCCC(C)C1CCC2C3CCC4CC(Oc5ccc(C(=O)C=Cc6ccc(OCCCCCCOc7cc(N)cc(N)c7)cc6)cc5)CCC4(C)C3CCC12C. The van der Waals surface area contributed by atoms with Crippen LogP contribution in [0.5, 0.6) is 17.2 Å². The van der Waals surface area contributed by atoms with Gasteiger partial charge < -0.3 is 25.7 Å². The van der Waals surface area contributed by atoms with Gasteiger partial charge >= 0.3 is 0 Å². The van der Waals surface area contributed by atoms with Crippen LogP contribution < -0.4 is 25.7 Å². The second-order valence-corrected chi connectivity index (χ2v) is 20.4. The first kappa shape index (κ1) is 44.1. The number of allylic oxidation sites excluding steroid dienone is 1. The van der Waals surface area contributed by atoms with E-state index in [0.29, 0.717) is 41.0 Å². The molecule has 4 saturated carbocycles. The van der Waals surface area contributed by atoms with Crippen molar-refractivity contribution in [2.45, 2.75) is 143 Å². The zero-order chi connectivity index (χ0) is 42.3.